The first-order chi connectivity index (χ1) is 21.5. The SMILES string of the molecule is CCCCCC1CCC(C2CCC(C3CCC(C(F)(F)Oc4ccc(-c5ccc(OC(F)(F)F)c(F)c5)cc4)CC3)CC2)CC1. The number of benzene rings is 2. The summed E-state index contributed by atoms with van der Waals surface area (Å²) in [6, 6.07) is 8.80. The van der Waals surface area contributed by atoms with E-state index in [1.54, 1.807) is 0 Å². The maximum atomic E-state index is 15.2. The van der Waals surface area contributed by atoms with Crippen LogP contribution in [0.15, 0.2) is 42.5 Å². The van der Waals surface area contributed by atoms with Crippen LogP contribution in [0.5, 0.6) is 11.5 Å². The molecule has 0 bridgehead atoms. The highest BCUT2D eigenvalue weighted by Crippen LogP contribution is 2.48. The second-order valence-electron chi connectivity index (χ2n) is 13.9. The molecule has 0 spiro atoms. The van der Waals surface area contributed by atoms with Crippen LogP contribution >= 0.6 is 0 Å². The first kappa shape index (κ1) is 34.0. The predicted molar refractivity (Wildman–Crippen MR) is 165 cm³/mol. The van der Waals surface area contributed by atoms with Gasteiger partial charge in [-0.3, -0.25) is 0 Å². The molecule has 2 nitrogen and oxygen atoms in total. The summed E-state index contributed by atoms with van der Waals surface area (Å²) in [5, 5.41) is 0. The molecule has 3 aliphatic rings. The van der Waals surface area contributed by atoms with Gasteiger partial charge in [-0.1, -0.05) is 63.6 Å². The second kappa shape index (κ2) is 15.0. The third-order valence-corrected chi connectivity index (χ3v) is 11.1. The molecule has 5 rings (SSSR count). The molecule has 0 amide bonds. The van der Waals surface area contributed by atoms with Crippen LogP contribution in [0.25, 0.3) is 11.1 Å². The molecule has 250 valence electrons. The van der Waals surface area contributed by atoms with Gasteiger partial charge in [0, 0.05) is 0 Å². The van der Waals surface area contributed by atoms with Crippen molar-refractivity contribution in [2.45, 2.75) is 122 Å². The molecule has 0 aliphatic heterocycles. The Morgan fingerprint density at radius 3 is 1.64 bits per heavy atom. The lowest BCUT2D eigenvalue weighted by molar-refractivity contribution is -0.275. The number of unbranched alkanes of at least 4 members (excludes halogenated alkanes) is 2. The molecule has 8 heteroatoms. The third kappa shape index (κ3) is 9.34. The van der Waals surface area contributed by atoms with Crippen molar-refractivity contribution in [2.24, 2.45) is 35.5 Å². The fourth-order valence-corrected chi connectivity index (χ4v) is 8.49. The standard InChI is InChI=1S/C37H48F6O2/c1-2-3-4-5-25-6-8-26(9-7-25)27-10-12-28(13-11-27)29-14-19-32(20-15-29)36(39,40)44-33-21-16-30(17-22-33)31-18-23-35(34(38)24-31)45-37(41,42)43/h16-18,21-29,32H,2-15,19-20H2,1H3. The fraction of sp³-hybridized carbons (Fsp3) is 0.676. The summed E-state index contributed by atoms with van der Waals surface area (Å²) in [7, 11) is 0. The highest BCUT2D eigenvalue weighted by atomic mass is 19.4. The average molecular weight is 639 g/mol. The van der Waals surface area contributed by atoms with Crippen molar-refractivity contribution >= 4 is 0 Å². The molecule has 0 aromatic heterocycles. The second-order valence-corrected chi connectivity index (χ2v) is 13.9. The van der Waals surface area contributed by atoms with Gasteiger partial charge in [0.25, 0.3) is 0 Å². The quantitative estimate of drug-likeness (QED) is 0.180. The summed E-state index contributed by atoms with van der Waals surface area (Å²) < 4.78 is 90.6. The number of hydrogen-bond donors (Lipinski definition) is 0. The Hall–Kier alpha value is -2.38. The fourth-order valence-electron chi connectivity index (χ4n) is 8.49. The van der Waals surface area contributed by atoms with Crippen molar-refractivity contribution in [3.8, 4) is 22.6 Å². The van der Waals surface area contributed by atoms with Gasteiger partial charge in [-0.15, -0.1) is 13.2 Å². The molecule has 0 unspecified atom stereocenters. The van der Waals surface area contributed by atoms with E-state index < -0.39 is 30.0 Å². The van der Waals surface area contributed by atoms with E-state index >= 15 is 8.78 Å². The Bertz CT molecular complexity index is 1190. The van der Waals surface area contributed by atoms with Gasteiger partial charge in [-0.05, 0) is 129 Å². The normalized spacial score (nSPS) is 28.1. The topological polar surface area (TPSA) is 18.5 Å². The largest absolute Gasteiger partial charge is 0.573 e. The number of rotatable bonds is 11. The Kier molecular flexibility index (Phi) is 11.3. The summed E-state index contributed by atoms with van der Waals surface area (Å²) in [4.78, 5) is 0. The molecular weight excluding hydrogens is 590 g/mol. The minimum atomic E-state index is -5.00. The van der Waals surface area contributed by atoms with Crippen molar-refractivity contribution in [1.29, 1.82) is 0 Å². The van der Waals surface area contributed by atoms with E-state index in [9.17, 15) is 17.6 Å². The first-order valence-electron chi connectivity index (χ1n) is 17.2. The lowest BCUT2D eigenvalue weighted by Gasteiger charge is -2.42. The molecule has 0 N–H and O–H groups in total. The zero-order valence-corrected chi connectivity index (χ0v) is 26.4. The maximum Gasteiger partial charge on any atom is 0.573 e. The van der Waals surface area contributed by atoms with Crippen molar-refractivity contribution in [3.05, 3.63) is 48.3 Å². The van der Waals surface area contributed by atoms with E-state index in [2.05, 4.69) is 11.7 Å². The van der Waals surface area contributed by atoms with Crippen molar-refractivity contribution in [1.82, 2.24) is 0 Å². The molecule has 0 heterocycles. The summed E-state index contributed by atoms with van der Waals surface area (Å²) in [6.45, 7) is 2.27. The molecule has 0 radical (unpaired) electrons. The molecule has 0 saturated heterocycles. The minimum Gasteiger partial charge on any atom is -0.432 e. The van der Waals surface area contributed by atoms with E-state index in [0.717, 1.165) is 42.7 Å². The van der Waals surface area contributed by atoms with Gasteiger partial charge >= 0.3 is 12.5 Å². The van der Waals surface area contributed by atoms with E-state index in [4.69, 9.17) is 4.74 Å². The monoisotopic (exact) mass is 638 g/mol. The Labute approximate surface area is 264 Å². The van der Waals surface area contributed by atoms with E-state index in [-0.39, 0.29) is 11.3 Å². The maximum absolute atomic E-state index is 15.2. The molecular formula is C37H48F6O2. The highest BCUT2D eigenvalue weighted by molar-refractivity contribution is 5.65. The first-order valence-corrected chi connectivity index (χ1v) is 17.2. The lowest BCUT2D eigenvalue weighted by atomic mass is 9.65. The number of halogens is 6. The Morgan fingerprint density at radius 2 is 1.13 bits per heavy atom. The van der Waals surface area contributed by atoms with Crippen LogP contribution in [0.4, 0.5) is 26.3 Å². The van der Waals surface area contributed by atoms with Gasteiger partial charge < -0.3 is 9.47 Å². The van der Waals surface area contributed by atoms with Crippen LogP contribution in [0, 0.1) is 41.3 Å². The lowest BCUT2D eigenvalue weighted by Crippen LogP contribution is -2.38. The zero-order valence-electron chi connectivity index (χ0n) is 26.4. The Balaban J connectivity index is 1.05. The summed E-state index contributed by atoms with van der Waals surface area (Å²) in [6.07, 6.45) is 10.4. The van der Waals surface area contributed by atoms with Crippen LogP contribution in [-0.4, -0.2) is 12.5 Å². The minimum absolute atomic E-state index is 0.00307. The summed E-state index contributed by atoms with van der Waals surface area (Å²) in [5.41, 5.74) is 0.742. The van der Waals surface area contributed by atoms with E-state index in [1.807, 2.05) is 0 Å². The van der Waals surface area contributed by atoms with Gasteiger partial charge in [-0.2, -0.15) is 8.78 Å². The summed E-state index contributed by atoms with van der Waals surface area (Å²) in [5.74, 6) is 0.948. The van der Waals surface area contributed by atoms with Gasteiger partial charge in [-0.25, -0.2) is 4.39 Å². The van der Waals surface area contributed by atoms with E-state index in [0.29, 0.717) is 30.2 Å². The molecule has 0 atom stereocenters. The van der Waals surface area contributed by atoms with Crippen molar-refractivity contribution in [2.75, 3.05) is 0 Å². The molecule has 2 aromatic rings. The number of hydrogen-bond acceptors (Lipinski definition) is 2. The van der Waals surface area contributed by atoms with Crippen LogP contribution in [0.3, 0.4) is 0 Å². The molecule has 3 fully saturated rings. The highest BCUT2D eigenvalue weighted by Gasteiger charge is 2.45. The van der Waals surface area contributed by atoms with Crippen LogP contribution < -0.4 is 9.47 Å². The molecule has 2 aromatic carbocycles. The van der Waals surface area contributed by atoms with Gasteiger partial charge in [0.2, 0.25) is 0 Å². The molecule has 45 heavy (non-hydrogen) atoms. The van der Waals surface area contributed by atoms with Crippen molar-refractivity contribution in [3.63, 3.8) is 0 Å². The zero-order chi connectivity index (χ0) is 32.0. The number of alkyl halides is 5. The number of ether oxygens (including phenoxy) is 2. The average Bonchev–Trinajstić information content (AvgIpc) is 3.02. The third-order valence-electron chi connectivity index (χ3n) is 11.1. The van der Waals surface area contributed by atoms with Gasteiger partial charge in [0.05, 0.1) is 5.92 Å². The van der Waals surface area contributed by atoms with Gasteiger partial charge in [0.1, 0.15) is 5.75 Å². The smallest absolute Gasteiger partial charge is 0.432 e. The van der Waals surface area contributed by atoms with Crippen LogP contribution in [0.2, 0.25) is 0 Å². The Morgan fingerprint density at radius 1 is 0.622 bits per heavy atom. The molecule has 3 saturated carbocycles. The molecule has 3 aliphatic carbocycles. The van der Waals surface area contributed by atoms with Crippen molar-refractivity contribution < 1.29 is 35.8 Å². The van der Waals surface area contributed by atoms with Crippen LogP contribution in [-0.2, 0) is 0 Å². The van der Waals surface area contributed by atoms with E-state index in [1.165, 1.54) is 107 Å². The summed E-state index contributed by atoms with van der Waals surface area (Å²) >= 11 is 0. The predicted octanol–water partition coefficient (Wildman–Crippen LogP) is 12.4. The van der Waals surface area contributed by atoms with Crippen LogP contribution in [0.1, 0.15) is 110 Å². The van der Waals surface area contributed by atoms with Gasteiger partial charge in [0.15, 0.2) is 11.6 Å².